The second-order valence-corrected chi connectivity index (χ2v) is 3.73. The SMILES string of the molecule is O=C(Nc1cccc(Cl)c1Cl)c1ccon1. The van der Waals surface area contributed by atoms with Crippen LogP contribution in [0.15, 0.2) is 35.1 Å². The third kappa shape index (κ3) is 2.18. The zero-order chi connectivity index (χ0) is 11.5. The number of carbonyl (C=O) groups excluding carboxylic acids is 1. The summed E-state index contributed by atoms with van der Waals surface area (Å²) in [6, 6.07) is 6.42. The number of carbonyl (C=O) groups is 1. The Morgan fingerprint density at radius 1 is 1.31 bits per heavy atom. The number of amides is 1. The fraction of sp³-hybridized carbons (Fsp3) is 0. The molecule has 0 unspecified atom stereocenters. The van der Waals surface area contributed by atoms with Gasteiger partial charge in [-0.3, -0.25) is 4.79 Å². The molecule has 1 aromatic heterocycles. The van der Waals surface area contributed by atoms with Crippen LogP contribution in [-0.4, -0.2) is 11.1 Å². The van der Waals surface area contributed by atoms with E-state index in [1.807, 2.05) is 0 Å². The molecule has 2 rings (SSSR count). The van der Waals surface area contributed by atoms with Crippen LogP contribution >= 0.6 is 23.2 Å². The summed E-state index contributed by atoms with van der Waals surface area (Å²) in [5.41, 5.74) is 0.609. The van der Waals surface area contributed by atoms with E-state index in [0.29, 0.717) is 15.7 Å². The summed E-state index contributed by atoms with van der Waals surface area (Å²) in [7, 11) is 0. The molecule has 6 heteroatoms. The number of rotatable bonds is 2. The van der Waals surface area contributed by atoms with Crippen molar-refractivity contribution in [2.75, 3.05) is 5.32 Å². The highest BCUT2D eigenvalue weighted by Gasteiger charge is 2.12. The third-order valence-electron chi connectivity index (χ3n) is 1.87. The average molecular weight is 257 g/mol. The summed E-state index contributed by atoms with van der Waals surface area (Å²) < 4.78 is 4.56. The summed E-state index contributed by atoms with van der Waals surface area (Å²) in [5, 5.41) is 6.74. The minimum Gasteiger partial charge on any atom is -0.364 e. The molecule has 16 heavy (non-hydrogen) atoms. The van der Waals surface area contributed by atoms with Crippen molar-refractivity contribution < 1.29 is 9.32 Å². The molecule has 1 heterocycles. The maximum Gasteiger partial charge on any atom is 0.277 e. The Morgan fingerprint density at radius 3 is 2.81 bits per heavy atom. The number of hydrogen-bond acceptors (Lipinski definition) is 3. The van der Waals surface area contributed by atoms with E-state index in [1.54, 1.807) is 18.2 Å². The molecule has 0 aliphatic carbocycles. The molecule has 0 radical (unpaired) electrons. The molecule has 1 amide bonds. The largest absolute Gasteiger partial charge is 0.364 e. The lowest BCUT2D eigenvalue weighted by Gasteiger charge is -2.05. The van der Waals surface area contributed by atoms with Gasteiger partial charge in [0.1, 0.15) is 6.26 Å². The zero-order valence-corrected chi connectivity index (χ0v) is 9.42. The van der Waals surface area contributed by atoms with E-state index in [0.717, 1.165) is 0 Å². The second-order valence-electron chi connectivity index (χ2n) is 2.94. The highest BCUT2D eigenvalue weighted by Crippen LogP contribution is 2.29. The molecule has 0 aliphatic heterocycles. The summed E-state index contributed by atoms with van der Waals surface area (Å²) in [4.78, 5) is 11.6. The average Bonchev–Trinajstić information content (AvgIpc) is 2.78. The van der Waals surface area contributed by atoms with Crippen molar-refractivity contribution in [3.63, 3.8) is 0 Å². The predicted octanol–water partition coefficient (Wildman–Crippen LogP) is 3.23. The third-order valence-corrected chi connectivity index (χ3v) is 2.69. The van der Waals surface area contributed by atoms with Crippen LogP contribution in [0.1, 0.15) is 10.5 Å². The van der Waals surface area contributed by atoms with Gasteiger partial charge < -0.3 is 9.84 Å². The predicted molar refractivity (Wildman–Crippen MR) is 60.9 cm³/mol. The van der Waals surface area contributed by atoms with Gasteiger partial charge in [0.2, 0.25) is 0 Å². The van der Waals surface area contributed by atoms with Gasteiger partial charge >= 0.3 is 0 Å². The van der Waals surface area contributed by atoms with Crippen molar-refractivity contribution in [1.29, 1.82) is 0 Å². The Balaban J connectivity index is 2.22. The molecular weight excluding hydrogens is 251 g/mol. The molecular formula is C10H6Cl2N2O2. The number of benzene rings is 1. The molecule has 0 saturated carbocycles. The lowest BCUT2D eigenvalue weighted by Crippen LogP contribution is -2.12. The number of halogens is 2. The molecule has 0 spiro atoms. The smallest absolute Gasteiger partial charge is 0.277 e. The minimum atomic E-state index is -0.405. The van der Waals surface area contributed by atoms with E-state index in [-0.39, 0.29) is 5.69 Å². The molecule has 2 aromatic rings. The van der Waals surface area contributed by atoms with Crippen LogP contribution in [0.25, 0.3) is 0 Å². The molecule has 0 aliphatic rings. The van der Waals surface area contributed by atoms with E-state index in [2.05, 4.69) is 15.0 Å². The lowest BCUT2D eigenvalue weighted by atomic mass is 10.3. The monoisotopic (exact) mass is 256 g/mol. The van der Waals surface area contributed by atoms with Crippen LogP contribution in [0, 0.1) is 0 Å². The number of anilines is 1. The normalized spacial score (nSPS) is 10.1. The molecule has 82 valence electrons. The molecule has 4 nitrogen and oxygen atoms in total. The van der Waals surface area contributed by atoms with Crippen LogP contribution in [0.5, 0.6) is 0 Å². The van der Waals surface area contributed by atoms with Gasteiger partial charge in [0.05, 0.1) is 15.7 Å². The number of nitrogens with zero attached hydrogens (tertiary/aromatic N) is 1. The fourth-order valence-corrected chi connectivity index (χ4v) is 1.46. The van der Waals surface area contributed by atoms with Crippen LogP contribution in [0.4, 0.5) is 5.69 Å². The summed E-state index contributed by atoms with van der Waals surface area (Å²) in [6.07, 6.45) is 1.31. The van der Waals surface area contributed by atoms with Crippen molar-refractivity contribution in [1.82, 2.24) is 5.16 Å². The Hall–Kier alpha value is -1.52. The Kier molecular flexibility index (Phi) is 3.12. The number of nitrogens with one attached hydrogen (secondary N) is 1. The Labute approximate surface area is 101 Å². The highest BCUT2D eigenvalue weighted by molar-refractivity contribution is 6.44. The molecule has 0 fully saturated rings. The van der Waals surface area contributed by atoms with Crippen molar-refractivity contribution >= 4 is 34.8 Å². The standard InChI is InChI=1S/C10H6Cl2N2O2/c11-6-2-1-3-7(9(6)12)13-10(15)8-4-5-16-14-8/h1-5H,(H,13,15). The van der Waals surface area contributed by atoms with Gasteiger partial charge in [-0.1, -0.05) is 34.4 Å². The quantitative estimate of drug-likeness (QED) is 0.898. The maximum atomic E-state index is 11.6. The van der Waals surface area contributed by atoms with Gasteiger partial charge in [0.25, 0.3) is 5.91 Å². The van der Waals surface area contributed by atoms with Gasteiger partial charge in [-0.25, -0.2) is 0 Å². The zero-order valence-electron chi connectivity index (χ0n) is 7.91. The Morgan fingerprint density at radius 2 is 2.12 bits per heavy atom. The first-order chi connectivity index (χ1) is 7.68. The minimum absolute atomic E-state index is 0.177. The van der Waals surface area contributed by atoms with E-state index in [4.69, 9.17) is 23.2 Å². The molecule has 0 bridgehead atoms. The van der Waals surface area contributed by atoms with Crippen molar-refractivity contribution in [3.8, 4) is 0 Å². The first-order valence-electron chi connectivity index (χ1n) is 4.34. The first kappa shape index (κ1) is 11.0. The molecule has 1 N–H and O–H groups in total. The topological polar surface area (TPSA) is 55.1 Å². The van der Waals surface area contributed by atoms with Gasteiger partial charge in [0, 0.05) is 6.07 Å². The van der Waals surface area contributed by atoms with Crippen molar-refractivity contribution in [3.05, 3.63) is 46.3 Å². The molecule has 1 aromatic carbocycles. The van der Waals surface area contributed by atoms with E-state index in [9.17, 15) is 4.79 Å². The number of aromatic nitrogens is 1. The fourth-order valence-electron chi connectivity index (χ4n) is 1.12. The highest BCUT2D eigenvalue weighted by atomic mass is 35.5. The van der Waals surface area contributed by atoms with Gasteiger partial charge in [-0.2, -0.15) is 0 Å². The first-order valence-corrected chi connectivity index (χ1v) is 5.10. The van der Waals surface area contributed by atoms with Crippen LogP contribution in [-0.2, 0) is 0 Å². The van der Waals surface area contributed by atoms with Gasteiger partial charge in [-0.05, 0) is 12.1 Å². The van der Waals surface area contributed by atoms with E-state index in [1.165, 1.54) is 12.3 Å². The van der Waals surface area contributed by atoms with Gasteiger partial charge in [-0.15, -0.1) is 0 Å². The molecule has 0 atom stereocenters. The van der Waals surface area contributed by atoms with Crippen LogP contribution in [0.3, 0.4) is 0 Å². The van der Waals surface area contributed by atoms with Crippen LogP contribution < -0.4 is 5.32 Å². The van der Waals surface area contributed by atoms with Crippen molar-refractivity contribution in [2.24, 2.45) is 0 Å². The Bertz CT molecular complexity index is 512. The second kappa shape index (κ2) is 4.55. The number of hydrogen-bond donors (Lipinski definition) is 1. The summed E-state index contributed by atoms with van der Waals surface area (Å²) >= 11 is 11.7. The molecule has 0 saturated heterocycles. The van der Waals surface area contributed by atoms with Crippen molar-refractivity contribution in [2.45, 2.75) is 0 Å². The maximum absolute atomic E-state index is 11.6. The lowest BCUT2D eigenvalue weighted by molar-refractivity contribution is 0.101. The van der Waals surface area contributed by atoms with E-state index < -0.39 is 5.91 Å². The summed E-state index contributed by atoms with van der Waals surface area (Å²) in [6.45, 7) is 0. The van der Waals surface area contributed by atoms with E-state index >= 15 is 0 Å². The van der Waals surface area contributed by atoms with Gasteiger partial charge in [0.15, 0.2) is 5.69 Å². The summed E-state index contributed by atoms with van der Waals surface area (Å²) in [5.74, 6) is -0.405. The van der Waals surface area contributed by atoms with Crippen LogP contribution in [0.2, 0.25) is 10.0 Å².